The minimum Gasteiger partial charge on any atom is -0.337 e. The standard InChI is InChI=1S/C16H23F3N4O/c1-3-22(4-2)11-12-10-13(21-15(20-12)16(17,18)19)14(24)23-8-6-5-7-9-23/h10H,3-9,11H2,1-2H3. The summed E-state index contributed by atoms with van der Waals surface area (Å²) in [6.07, 6.45) is -1.89. The number of hydrogen-bond acceptors (Lipinski definition) is 4. The largest absolute Gasteiger partial charge is 0.451 e. The van der Waals surface area contributed by atoms with Gasteiger partial charge in [-0.15, -0.1) is 0 Å². The summed E-state index contributed by atoms with van der Waals surface area (Å²) >= 11 is 0. The van der Waals surface area contributed by atoms with Crippen LogP contribution in [0.1, 0.15) is 55.1 Å². The van der Waals surface area contributed by atoms with Crippen molar-refractivity contribution in [2.45, 2.75) is 45.8 Å². The van der Waals surface area contributed by atoms with Crippen LogP contribution in [0.3, 0.4) is 0 Å². The van der Waals surface area contributed by atoms with E-state index in [2.05, 4.69) is 9.97 Å². The lowest BCUT2D eigenvalue weighted by Gasteiger charge is -2.26. The maximum atomic E-state index is 13.1. The smallest absolute Gasteiger partial charge is 0.337 e. The third-order valence-electron chi connectivity index (χ3n) is 4.18. The zero-order valence-electron chi connectivity index (χ0n) is 14.1. The molecule has 0 saturated carbocycles. The summed E-state index contributed by atoms with van der Waals surface area (Å²) in [6, 6.07) is 1.39. The minimum atomic E-state index is -4.67. The first-order valence-corrected chi connectivity index (χ1v) is 8.32. The fourth-order valence-electron chi connectivity index (χ4n) is 2.75. The van der Waals surface area contributed by atoms with Gasteiger partial charge in [0.2, 0.25) is 5.82 Å². The monoisotopic (exact) mass is 344 g/mol. The summed E-state index contributed by atoms with van der Waals surface area (Å²) in [6.45, 7) is 6.63. The number of rotatable bonds is 5. The summed E-state index contributed by atoms with van der Waals surface area (Å²) in [5, 5.41) is 0. The van der Waals surface area contributed by atoms with Gasteiger partial charge in [0.1, 0.15) is 5.69 Å². The molecule has 1 aliphatic heterocycles. The zero-order chi connectivity index (χ0) is 17.7. The van der Waals surface area contributed by atoms with Crippen LogP contribution >= 0.6 is 0 Å². The van der Waals surface area contributed by atoms with Crippen molar-refractivity contribution in [3.8, 4) is 0 Å². The Morgan fingerprint density at radius 1 is 1.17 bits per heavy atom. The molecule has 8 heteroatoms. The fourth-order valence-corrected chi connectivity index (χ4v) is 2.75. The first-order valence-electron chi connectivity index (χ1n) is 8.32. The summed E-state index contributed by atoms with van der Waals surface area (Å²) in [5.74, 6) is -1.68. The van der Waals surface area contributed by atoms with Crippen molar-refractivity contribution < 1.29 is 18.0 Å². The summed E-state index contributed by atoms with van der Waals surface area (Å²) in [4.78, 5) is 23.1. The van der Waals surface area contributed by atoms with Gasteiger partial charge in [-0.1, -0.05) is 13.8 Å². The summed E-state index contributed by atoms with van der Waals surface area (Å²) in [7, 11) is 0. The number of nitrogens with zero attached hydrogens (tertiary/aromatic N) is 4. The Hall–Kier alpha value is -1.70. The number of hydrogen-bond donors (Lipinski definition) is 0. The second-order valence-corrected chi connectivity index (χ2v) is 5.88. The van der Waals surface area contributed by atoms with E-state index >= 15 is 0 Å². The van der Waals surface area contributed by atoms with E-state index in [1.165, 1.54) is 6.07 Å². The average molecular weight is 344 g/mol. The Balaban J connectivity index is 2.33. The van der Waals surface area contributed by atoms with Crippen molar-refractivity contribution >= 4 is 5.91 Å². The minimum absolute atomic E-state index is 0.165. The summed E-state index contributed by atoms with van der Waals surface area (Å²) in [5.41, 5.74) is 0.0581. The number of piperidine rings is 1. The van der Waals surface area contributed by atoms with Crippen LogP contribution in [0.25, 0.3) is 0 Å². The molecule has 0 bridgehead atoms. The Kier molecular flexibility index (Phi) is 6.15. The van der Waals surface area contributed by atoms with Crippen LogP contribution in [0.15, 0.2) is 6.07 Å². The highest BCUT2D eigenvalue weighted by atomic mass is 19.4. The fraction of sp³-hybridized carbons (Fsp3) is 0.688. The molecule has 2 heterocycles. The highest BCUT2D eigenvalue weighted by Gasteiger charge is 2.36. The molecule has 0 radical (unpaired) electrons. The van der Waals surface area contributed by atoms with E-state index in [4.69, 9.17) is 0 Å². The lowest BCUT2D eigenvalue weighted by Crippen LogP contribution is -2.36. The molecule has 5 nitrogen and oxygen atoms in total. The van der Waals surface area contributed by atoms with E-state index in [1.807, 2.05) is 18.7 Å². The molecule has 2 rings (SSSR count). The molecule has 1 aromatic rings. The Labute approximate surface area is 139 Å². The second-order valence-electron chi connectivity index (χ2n) is 5.88. The van der Waals surface area contributed by atoms with E-state index < -0.39 is 17.9 Å². The van der Waals surface area contributed by atoms with E-state index in [-0.39, 0.29) is 17.9 Å². The van der Waals surface area contributed by atoms with E-state index in [0.29, 0.717) is 26.2 Å². The second kappa shape index (κ2) is 7.92. The van der Waals surface area contributed by atoms with Crippen LogP contribution in [-0.2, 0) is 12.7 Å². The molecule has 0 aliphatic carbocycles. The van der Waals surface area contributed by atoms with Gasteiger partial charge in [-0.05, 0) is 38.4 Å². The summed E-state index contributed by atoms with van der Waals surface area (Å²) < 4.78 is 39.3. The van der Waals surface area contributed by atoms with Crippen LogP contribution in [0.2, 0.25) is 0 Å². The van der Waals surface area contributed by atoms with Crippen molar-refractivity contribution in [3.05, 3.63) is 23.3 Å². The van der Waals surface area contributed by atoms with E-state index in [1.54, 1.807) is 4.90 Å². The van der Waals surface area contributed by atoms with Crippen molar-refractivity contribution in [3.63, 3.8) is 0 Å². The predicted molar refractivity (Wildman–Crippen MR) is 83.4 cm³/mol. The zero-order valence-corrected chi connectivity index (χ0v) is 14.1. The topological polar surface area (TPSA) is 49.3 Å². The first kappa shape index (κ1) is 18.6. The number of aromatic nitrogens is 2. The average Bonchev–Trinajstić information content (AvgIpc) is 2.58. The molecule has 24 heavy (non-hydrogen) atoms. The quantitative estimate of drug-likeness (QED) is 0.824. The molecule has 1 amide bonds. The molecular formula is C16H23F3N4O. The number of amides is 1. The van der Waals surface area contributed by atoms with E-state index in [9.17, 15) is 18.0 Å². The van der Waals surface area contributed by atoms with Gasteiger partial charge >= 0.3 is 6.18 Å². The van der Waals surface area contributed by atoms with Gasteiger partial charge in [-0.3, -0.25) is 9.69 Å². The van der Waals surface area contributed by atoms with E-state index in [0.717, 1.165) is 19.3 Å². The molecule has 0 atom stereocenters. The molecule has 134 valence electrons. The van der Waals surface area contributed by atoms with Crippen LogP contribution in [0.5, 0.6) is 0 Å². The SMILES string of the molecule is CCN(CC)Cc1cc(C(=O)N2CCCCC2)nc(C(F)(F)F)n1. The highest BCUT2D eigenvalue weighted by molar-refractivity contribution is 5.92. The van der Waals surface area contributed by atoms with Crippen molar-refractivity contribution in [1.29, 1.82) is 0 Å². The number of halogens is 3. The molecule has 1 saturated heterocycles. The van der Waals surface area contributed by atoms with Gasteiger partial charge in [0.05, 0.1) is 5.69 Å². The molecule has 1 aromatic heterocycles. The molecule has 1 aliphatic rings. The Bertz CT molecular complexity index is 567. The number of alkyl halides is 3. The molecule has 0 unspecified atom stereocenters. The number of carbonyl (C=O) groups excluding carboxylic acids is 1. The van der Waals surface area contributed by atoms with Gasteiger partial charge in [0.15, 0.2) is 0 Å². The maximum Gasteiger partial charge on any atom is 0.451 e. The van der Waals surface area contributed by atoms with Gasteiger partial charge < -0.3 is 4.90 Å². The van der Waals surface area contributed by atoms with Crippen LogP contribution < -0.4 is 0 Å². The Morgan fingerprint density at radius 2 is 1.79 bits per heavy atom. The molecular weight excluding hydrogens is 321 g/mol. The third-order valence-corrected chi connectivity index (χ3v) is 4.18. The lowest BCUT2D eigenvalue weighted by atomic mass is 10.1. The van der Waals surface area contributed by atoms with Gasteiger partial charge in [0, 0.05) is 19.6 Å². The van der Waals surface area contributed by atoms with Crippen LogP contribution in [-0.4, -0.2) is 51.9 Å². The number of likely N-dealkylation sites (tertiary alicyclic amines) is 1. The lowest BCUT2D eigenvalue weighted by molar-refractivity contribution is -0.145. The van der Waals surface area contributed by atoms with Crippen LogP contribution in [0.4, 0.5) is 13.2 Å². The van der Waals surface area contributed by atoms with Crippen molar-refractivity contribution in [2.75, 3.05) is 26.2 Å². The predicted octanol–water partition coefficient (Wildman–Crippen LogP) is 2.96. The first-order chi connectivity index (χ1) is 11.3. The highest BCUT2D eigenvalue weighted by Crippen LogP contribution is 2.27. The van der Waals surface area contributed by atoms with Crippen molar-refractivity contribution in [1.82, 2.24) is 19.8 Å². The maximum absolute atomic E-state index is 13.1. The normalized spacial score (nSPS) is 15.8. The molecule has 0 N–H and O–H groups in total. The van der Waals surface area contributed by atoms with Crippen LogP contribution in [0, 0.1) is 0 Å². The third kappa shape index (κ3) is 4.66. The molecule has 0 spiro atoms. The van der Waals surface area contributed by atoms with Gasteiger partial charge in [-0.2, -0.15) is 13.2 Å². The van der Waals surface area contributed by atoms with Gasteiger partial charge in [0.25, 0.3) is 5.91 Å². The number of carbonyl (C=O) groups is 1. The Morgan fingerprint density at radius 3 is 2.33 bits per heavy atom. The van der Waals surface area contributed by atoms with Gasteiger partial charge in [-0.25, -0.2) is 9.97 Å². The van der Waals surface area contributed by atoms with Crippen molar-refractivity contribution in [2.24, 2.45) is 0 Å². The molecule has 1 fully saturated rings. The molecule has 0 aromatic carbocycles.